The van der Waals surface area contributed by atoms with Crippen molar-refractivity contribution in [1.29, 1.82) is 0 Å². The monoisotopic (exact) mass is 366 g/mol. The molecular weight excluding hydrogens is 340 g/mol. The Labute approximate surface area is 160 Å². The number of rotatable bonds is 9. The SMILES string of the molecule is C=CCOc1ccc(C(=O)N(CCC)C(C)C(=O)Nc2ccccc2)cc1. The first-order valence-electron chi connectivity index (χ1n) is 9.07. The van der Waals surface area contributed by atoms with Crippen LogP contribution in [0.3, 0.4) is 0 Å². The Morgan fingerprint density at radius 2 is 1.81 bits per heavy atom. The van der Waals surface area contributed by atoms with Crippen molar-refractivity contribution < 1.29 is 14.3 Å². The maximum atomic E-state index is 12.9. The largest absolute Gasteiger partial charge is 0.490 e. The maximum Gasteiger partial charge on any atom is 0.254 e. The van der Waals surface area contributed by atoms with Gasteiger partial charge in [-0.25, -0.2) is 0 Å². The number of benzene rings is 2. The highest BCUT2D eigenvalue weighted by Crippen LogP contribution is 2.16. The smallest absolute Gasteiger partial charge is 0.254 e. The van der Waals surface area contributed by atoms with Gasteiger partial charge < -0.3 is 15.0 Å². The highest BCUT2D eigenvalue weighted by molar-refractivity contribution is 6.01. The summed E-state index contributed by atoms with van der Waals surface area (Å²) < 4.78 is 5.44. The Hall–Kier alpha value is -3.08. The third kappa shape index (κ3) is 5.71. The fraction of sp³-hybridized carbons (Fsp3) is 0.273. The minimum Gasteiger partial charge on any atom is -0.490 e. The van der Waals surface area contributed by atoms with Crippen LogP contribution in [0.25, 0.3) is 0 Å². The van der Waals surface area contributed by atoms with E-state index in [0.29, 0.717) is 30.2 Å². The average molecular weight is 366 g/mol. The Kier molecular flexibility index (Phi) is 7.62. The molecule has 2 aromatic carbocycles. The maximum absolute atomic E-state index is 12.9. The second-order valence-corrected chi connectivity index (χ2v) is 6.15. The first kappa shape index (κ1) is 20.2. The van der Waals surface area contributed by atoms with E-state index in [9.17, 15) is 9.59 Å². The van der Waals surface area contributed by atoms with Crippen LogP contribution in [-0.2, 0) is 4.79 Å². The molecule has 1 unspecified atom stereocenters. The Balaban J connectivity index is 2.10. The van der Waals surface area contributed by atoms with Gasteiger partial charge in [-0.3, -0.25) is 9.59 Å². The van der Waals surface area contributed by atoms with Gasteiger partial charge in [-0.1, -0.05) is 37.8 Å². The lowest BCUT2D eigenvalue weighted by molar-refractivity contribution is -0.120. The normalized spacial score (nSPS) is 11.3. The van der Waals surface area contributed by atoms with Crippen LogP contribution in [0.2, 0.25) is 0 Å². The van der Waals surface area contributed by atoms with Crippen molar-refractivity contribution in [3.63, 3.8) is 0 Å². The van der Waals surface area contributed by atoms with E-state index in [1.54, 1.807) is 42.2 Å². The lowest BCUT2D eigenvalue weighted by Crippen LogP contribution is -2.46. The van der Waals surface area contributed by atoms with E-state index >= 15 is 0 Å². The summed E-state index contributed by atoms with van der Waals surface area (Å²) >= 11 is 0. The topological polar surface area (TPSA) is 58.6 Å². The van der Waals surface area contributed by atoms with E-state index in [4.69, 9.17) is 4.74 Å². The molecule has 5 heteroatoms. The number of nitrogens with zero attached hydrogens (tertiary/aromatic N) is 1. The fourth-order valence-corrected chi connectivity index (χ4v) is 2.64. The van der Waals surface area contributed by atoms with Gasteiger partial charge in [-0.2, -0.15) is 0 Å². The summed E-state index contributed by atoms with van der Waals surface area (Å²) in [5.74, 6) is 0.278. The quantitative estimate of drug-likeness (QED) is 0.679. The molecule has 0 heterocycles. The van der Waals surface area contributed by atoms with Crippen molar-refractivity contribution in [2.45, 2.75) is 26.3 Å². The Bertz CT molecular complexity index is 757. The van der Waals surface area contributed by atoms with Crippen LogP contribution in [0.15, 0.2) is 67.3 Å². The molecule has 0 aliphatic rings. The summed E-state index contributed by atoms with van der Waals surface area (Å²) in [5.41, 5.74) is 1.23. The molecule has 5 nitrogen and oxygen atoms in total. The zero-order valence-electron chi connectivity index (χ0n) is 15.9. The van der Waals surface area contributed by atoms with Crippen molar-refractivity contribution in [2.24, 2.45) is 0 Å². The van der Waals surface area contributed by atoms with Gasteiger partial charge in [0.25, 0.3) is 5.91 Å². The molecule has 0 bridgehead atoms. The van der Waals surface area contributed by atoms with E-state index in [-0.39, 0.29) is 11.8 Å². The summed E-state index contributed by atoms with van der Waals surface area (Å²) in [4.78, 5) is 27.1. The van der Waals surface area contributed by atoms with Gasteiger partial charge >= 0.3 is 0 Å². The molecule has 1 N–H and O–H groups in total. The Morgan fingerprint density at radius 3 is 2.41 bits per heavy atom. The Morgan fingerprint density at radius 1 is 1.15 bits per heavy atom. The van der Waals surface area contributed by atoms with E-state index in [0.717, 1.165) is 6.42 Å². The fourth-order valence-electron chi connectivity index (χ4n) is 2.64. The van der Waals surface area contributed by atoms with Crippen LogP contribution in [0, 0.1) is 0 Å². The van der Waals surface area contributed by atoms with Crippen LogP contribution < -0.4 is 10.1 Å². The molecule has 0 aliphatic carbocycles. The molecule has 0 aromatic heterocycles. The van der Waals surface area contributed by atoms with Crippen LogP contribution in [-0.4, -0.2) is 35.9 Å². The molecule has 142 valence electrons. The van der Waals surface area contributed by atoms with Gasteiger partial charge in [0.2, 0.25) is 5.91 Å². The molecule has 0 aliphatic heterocycles. The van der Waals surface area contributed by atoms with Gasteiger partial charge in [-0.05, 0) is 49.7 Å². The van der Waals surface area contributed by atoms with Crippen LogP contribution >= 0.6 is 0 Å². The molecule has 0 spiro atoms. The van der Waals surface area contributed by atoms with Crippen LogP contribution in [0.5, 0.6) is 5.75 Å². The van der Waals surface area contributed by atoms with Crippen molar-refractivity contribution in [3.8, 4) is 5.75 Å². The zero-order valence-corrected chi connectivity index (χ0v) is 15.9. The number of para-hydroxylation sites is 1. The molecule has 0 saturated carbocycles. The number of amides is 2. The number of hydrogen-bond acceptors (Lipinski definition) is 3. The third-order valence-electron chi connectivity index (χ3n) is 4.08. The minimum absolute atomic E-state index is 0.178. The predicted octanol–water partition coefficient (Wildman–Crippen LogP) is 4.13. The van der Waals surface area contributed by atoms with E-state index < -0.39 is 6.04 Å². The molecule has 2 aromatic rings. The number of anilines is 1. The molecule has 1 atom stereocenters. The summed E-state index contributed by atoms with van der Waals surface area (Å²) in [5, 5.41) is 2.86. The second-order valence-electron chi connectivity index (χ2n) is 6.15. The zero-order chi connectivity index (χ0) is 19.6. The molecule has 0 fully saturated rings. The first-order chi connectivity index (χ1) is 13.1. The van der Waals surface area contributed by atoms with E-state index in [1.165, 1.54) is 0 Å². The molecule has 27 heavy (non-hydrogen) atoms. The number of nitrogens with one attached hydrogen (secondary N) is 1. The highest BCUT2D eigenvalue weighted by atomic mass is 16.5. The van der Waals surface area contributed by atoms with Gasteiger partial charge in [0.15, 0.2) is 0 Å². The summed E-state index contributed by atoms with van der Waals surface area (Å²) in [7, 11) is 0. The highest BCUT2D eigenvalue weighted by Gasteiger charge is 2.26. The second kappa shape index (κ2) is 10.2. The number of carbonyl (C=O) groups is 2. The van der Waals surface area contributed by atoms with Gasteiger partial charge in [-0.15, -0.1) is 0 Å². The van der Waals surface area contributed by atoms with Crippen LogP contribution in [0.4, 0.5) is 5.69 Å². The van der Waals surface area contributed by atoms with Crippen LogP contribution in [0.1, 0.15) is 30.6 Å². The number of ether oxygens (including phenoxy) is 1. The van der Waals surface area contributed by atoms with Crippen molar-refractivity contribution in [3.05, 3.63) is 72.8 Å². The van der Waals surface area contributed by atoms with Crippen molar-refractivity contribution in [2.75, 3.05) is 18.5 Å². The lowest BCUT2D eigenvalue weighted by atomic mass is 10.1. The predicted molar refractivity (Wildman–Crippen MR) is 108 cm³/mol. The average Bonchev–Trinajstić information content (AvgIpc) is 2.70. The summed E-state index contributed by atoms with van der Waals surface area (Å²) in [6.07, 6.45) is 2.42. The van der Waals surface area contributed by atoms with Crippen molar-refractivity contribution >= 4 is 17.5 Å². The number of carbonyl (C=O) groups excluding carboxylic acids is 2. The molecule has 0 saturated heterocycles. The van der Waals surface area contributed by atoms with Gasteiger partial charge in [0, 0.05) is 17.8 Å². The summed E-state index contributed by atoms with van der Waals surface area (Å²) in [6, 6.07) is 15.6. The number of hydrogen-bond donors (Lipinski definition) is 1. The minimum atomic E-state index is -0.589. The molecule has 2 rings (SSSR count). The summed E-state index contributed by atoms with van der Waals surface area (Å²) in [6.45, 7) is 8.24. The van der Waals surface area contributed by atoms with E-state index in [1.807, 2.05) is 37.3 Å². The van der Waals surface area contributed by atoms with Crippen molar-refractivity contribution in [1.82, 2.24) is 4.90 Å². The van der Waals surface area contributed by atoms with Gasteiger partial charge in [0.1, 0.15) is 18.4 Å². The first-order valence-corrected chi connectivity index (χ1v) is 9.07. The van der Waals surface area contributed by atoms with Gasteiger partial charge in [0.05, 0.1) is 0 Å². The molecule has 2 amide bonds. The molecule has 0 radical (unpaired) electrons. The standard InChI is InChI=1S/C22H26N2O3/c1-4-15-24(17(3)21(25)23-19-9-7-6-8-10-19)22(26)18-11-13-20(14-12-18)27-16-5-2/h5-14,17H,2,4,15-16H2,1,3H3,(H,23,25). The molecular formula is C22H26N2O3. The lowest BCUT2D eigenvalue weighted by Gasteiger charge is -2.28. The third-order valence-corrected chi connectivity index (χ3v) is 4.08. The van der Waals surface area contributed by atoms with E-state index in [2.05, 4.69) is 11.9 Å².